The highest BCUT2D eigenvalue weighted by Crippen LogP contribution is 2.15. The van der Waals surface area contributed by atoms with Gasteiger partial charge in [0.05, 0.1) is 6.10 Å². The largest absolute Gasteiger partial charge is 0.309 e. The predicted octanol–water partition coefficient (Wildman–Crippen LogP) is 2.60. The van der Waals surface area contributed by atoms with Gasteiger partial charge in [0.25, 0.3) is 0 Å². The van der Waals surface area contributed by atoms with E-state index < -0.39 is 0 Å². The molecule has 0 aliphatic rings. The Labute approximate surface area is 77.3 Å². The maximum Gasteiger partial charge on any atom is 0.0695 e. The summed E-state index contributed by atoms with van der Waals surface area (Å²) in [6.45, 7) is 10.5. The molecule has 11 heavy (non-hydrogen) atoms. The van der Waals surface area contributed by atoms with Crippen LogP contribution in [-0.4, -0.2) is 10.9 Å². The van der Waals surface area contributed by atoms with Gasteiger partial charge in [-0.3, -0.25) is 0 Å². The van der Waals surface area contributed by atoms with Crippen LogP contribution in [-0.2, 0) is 25.1 Å². The molecule has 0 saturated carbocycles. The quantitative estimate of drug-likeness (QED) is 0.683. The van der Waals surface area contributed by atoms with Crippen LogP contribution in [0, 0.1) is 0 Å². The van der Waals surface area contributed by atoms with Gasteiger partial charge in [-0.1, -0.05) is 6.92 Å². The van der Waals surface area contributed by atoms with E-state index in [0.29, 0.717) is 6.10 Å². The zero-order valence-corrected chi connectivity index (χ0v) is 9.64. The summed E-state index contributed by atoms with van der Waals surface area (Å²) >= 11 is 5.22. The van der Waals surface area contributed by atoms with Crippen molar-refractivity contribution >= 4 is 20.9 Å². The highest BCUT2D eigenvalue weighted by molar-refractivity contribution is 8.26. The molecule has 0 radical (unpaired) electrons. The third kappa shape index (κ3) is 4.88. The topological polar surface area (TPSA) is 9.23 Å². The fourth-order valence-electron chi connectivity index (χ4n) is 0.362. The van der Waals surface area contributed by atoms with Crippen LogP contribution in [0.3, 0.4) is 0 Å². The Bertz CT molecular complexity index is 138. The first kappa shape index (κ1) is 11.5. The average Bonchev–Trinajstić information content (AvgIpc) is 1.85. The molecule has 0 heterocycles. The van der Waals surface area contributed by atoms with Gasteiger partial charge in [0, 0.05) is 14.5 Å². The fourth-order valence-corrected chi connectivity index (χ4v) is 1.49. The first-order chi connectivity index (χ1) is 4.88. The molecule has 0 saturated heterocycles. The SMILES string of the molecule is CCC(C)OS(=S)C(C)(C)C. The van der Waals surface area contributed by atoms with E-state index in [9.17, 15) is 0 Å². The highest BCUT2D eigenvalue weighted by Gasteiger charge is 2.17. The Kier molecular flexibility index (Phi) is 4.75. The lowest BCUT2D eigenvalue weighted by molar-refractivity contribution is 0.250. The van der Waals surface area contributed by atoms with Crippen molar-refractivity contribution in [1.82, 2.24) is 0 Å². The standard InChI is InChI=1S/C8H18OS2/c1-6-7(2)9-11(10)8(3,4)5/h7H,6H2,1-5H3. The zero-order valence-electron chi connectivity index (χ0n) is 8.01. The summed E-state index contributed by atoms with van der Waals surface area (Å²) in [5, 5.41) is 0. The second kappa shape index (κ2) is 4.53. The fraction of sp³-hybridized carbons (Fsp3) is 1.00. The van der Waals surface area contributed by atoms with Crippen molar-refractivity contribution in [2.45, 2.75) is 51.9 Å². The van der Waals surface area contributed by atoms with Crippen LogP contribution in [0.2, 0.25) is 0 Å². The molecule has 0 fully saturated rings. The predicted molar refractivity (Wildman–Crippen MR) is 55.3 cm³/mol. The molecule has 0 aliphatic heterocycles. The summed E-state index contributed by atoms with van der Waals surface area (Å²) < 4.78 is 5.72. The number of hydrogen-bond acceptors (Lipinski definition) is 2. The minimum atomic E-state index is -0.334. The molecule has 0 amide bonds. The Hall–Kier alpha value is 0.530. The van der Waals surface area contributed by atoms with Gasteiger partial charge in [-0.15, -0.1) is 0 Å². The Morgan fingerprint density at radius 2 is 1.91 bits per heavy atom. The maximum absolute atomic E-state index is 5.61. The Morgan fingerprint density at radius 1 is 1.45 bits per heavy atom. The van der Waals surface area contributed by atoms with Crippen molar-refractivity contribution in [2.24, 2.45) is 0 Å². The van der Waals surface area contributed by atoms with Crippen LogP contribution in [0.1, 0.15) is 41.0 Å². The summed E-state index contributed by atoms with van der Waals surface area (Å²) in [6, 6.07) is 0. The molecule has 0 rings (SSSR count). The lowest BCUT2D eigenvalue weighted by Gasteiger charge is -2.23. The minimum absolute atomic E-state index is 0.110. The van der Waals surface area contributed by atoms with Gasteiger partial charge in [-0.2, -0.15) is 0 Å². The molecular weight excluding hydrogens is 176 g/mol. The van der Waals surface area contributed by atoms with E-state index in [2.05, 4.69) is 34.6 Å². The molecular formula is C8H18OS2. The van der Waals surface area contributed by atoms with Crippen molar-refractivity contribution in [3.05, 3.63) is 0 Å². The van der Waals surface area contributed by atoms with Crippen LogP contribution >= 0.6 is 0 Å². The van der Waals surface area contributed by atoms with Crippen molar-refractivity contribution in [1.29, 1.82) is 0 Å². The molecule has 1 nitrogen and oxygen atoms in total. The first-order valence-electron chi connectivity index (χ1n) is 3.97. The normalized spacial score (nSPS) is 17.9. The van der Waals surface area contributed by atoms with E-state index >= 15 is 0 Å². The summed E-state index contributed by atoms with van der Waals surface area (Å²) in [4.78, 5) is 0. The molecule has 0 aromatic rings. The van der Waals surface area contributed by atoms with Crippen molar-refractivity contribution in [2.75, 3.05) is 0 Å². The van der Waals surface area contributed by atoms with Gasteiger partial charge < -0.3 is 4.18 Å². The molecule has 0 bridgehead atoms. The van der Waals surface area contributed by atoms with Gasteiger partial charge in [-0.05, 0) is 45.3 Å². The van der Waals surface area contributed by atoms with Crippen molar-refractivity contribution in [3.63, 3.8) is 0 Å². The van der Waals surface area contributed by atoms with Gasteiger partial charge in [0.15, 0.2) is 0 Å². The van der Waals surface area contributed by atoms with Gasteiger partial charge in [0.2, 0.25) is 0 Å². The van der Waals surface area contributed by atoms with Crippen LogP contribution < -0.4 is 0 Å². The maximum atomic E-state index is 5.61. The molecule has 2 atom stereocenters. The molecule has 68 valence electrons. The molecule has 0 N–H and O–H groups in total. The van der Waals surface area contributed by atoms with Crippen molar-refractivity contribution in [3.8, 4) is 0 Å². The van der Waals surface area contributed by atoms with Crippen molar-refractivity contribution < 1.29 is 4.18 Å². The number of hydrogen-bond donors (Lipinski definition) is 0. The third-order valence-corrected chi connectivity index (χ3v) is 4.57. The van der Waals surface area contributed by atoms with E-state index in [1.165, 1.54) is 0 Å². The molecule has 0 aromatic carbocycles. The molecule has 0 aliphatic carbocycles. The van der Waals surface area contributed by atoms with Crippen LogP contribution in [0.15, 0.2) is 0 Å². The monoisotopic (exact) mass is 194 g/mol. The molecule has 0 aromatic heterocycles. The Morgan fingerprint density at radius 3 is 2.18 bits per heavy atom. The van der Waals surface area contributed by atoms with E-state index in [0.717, 1.165) is 6.42 Å². The van der Waals surface area contributed by atoms with E-state index in [1.54, 1.807) is 0 Å². The van der Waals surface area contributed by atoms with Crippen LogP contribution in [0.25, 0.3) is 0 Å². The minimum Gasteiger partial charge on any atom is -0.309 e. The first-order valence-corrected chi connectivity index (χ1v) is 6.04. The van der Waals surface area contributed by atoms with E-state index in [4.69, 9.17) is 15.4 Å². The van der Waals surface area contributed by atoms with E-state index in [1.807, 2.05) is 0 Å². The summed E-state index contributed by atoms with van der Waals surface area (Å²) in [5.41, 5.74) is 0. The second-order valence-corrected chi connectivity index (χ2v) is 6.46. The smallest absolute Gasteiger partial charge is 0.0695 e. The highest BCUT2D eigenvalue weighted by atomic mass is 32.8. The van der Waals surface area contributed by atoms with Crippen LogP contribution in [0.5, 0.6) is 0 Å². The lowest BCUT2D eigenvalue weighted by Crippen LogP contribution is -2.25. The second-order valence-electron chi connectivity index (χ2n) is 3.66. The summed E-state index contributed by atoms with van der Waals surface area (Å²) in [5.74, 6) is 0. The van der Waals surface area contributed by atoms with Crippen LogP contribution in [0.4, 0.5) is 0 Å². The number of rotatable bonds is 3. The lowest BCUT2D eigenvalue weighted by atomic mass is 10.3. The summed E-state index contributed by atoms with van der Waals surface area (Å²) in [7, 11) is -0.334. The average molecular weight is 194 g/mol. The summed E-state index contributed by atoms with van der Waals surface area (Å²) in [6.07, 6.45) is 1.34. The molecule has 2 unspecified atom stereocenters. The van der Waals surface area contributed by atoms with Gasteiger partial charge in [0.1, 0.15) is 0 Å². The molecule has 3 heteroatoms. The Balaban J connectivity index is 3.88. The van der Waals surface area contributed by atoms with E-state index in [-0.39, 0.29) is 14.5 Å². The third-order valence-electron chi connectivity index (χ3n) is 1.33. The van der Waals surface area contributed by atoms with Gasteiger partial charge in [-0.25, -0.2) is 0 Å². The zero-order chi connectivity index (χ0) is 9.07. The molecule has 0 spiro atoms. The van der Waals surface area contributed by atoms with Gasteiger partial charge >= 0.3 is 0 Å².